The third-order valence-corrected chi connectivity index (χ3v) is 2.52. The zero-order chi connectivity index (χ0) is 13.8. The van der Waals surface area contributed by atoms with Gasteiger partial charge >= 0.3 is 0 Å². The standard InChI is InChI=1S/C14H20N2O2/c1-10(17)16-12-6-4-11(5-7-12)13(18)8-9-14(2,3)15/h4-7H,8-9,15H2,1-3H3,(H,16,17). The topological polar surface area (TPSA) is 72.2 Å². The molecule has 1 aromatic rings. The van der Waals surface area contributed by atoms with Crippen LogP contribution in [0.25, 0.3) is 0 Å². The molecule has 0 heterocycles. The monoisotopic (exact) mass is 248 g/mol. The Hall–Kier alpha value is -1.68. The predicted octanol–water partition coefficient (Wildman–Crippen LogP) is 2.35. The van der Waals surface area contributed by atoms with Crippen LogP contribution in [0.5, 0.6) is 0 Å². The smallest absolute Gasteiger partial charge is 0.221 e. The van der Waals surface area contributed by atoms with Gasteiger partial charge in [0.25, 0.3) is 0 Å². The first-order valence-corrected chi connectivity index (χ1v) is 5.98. The van der Waals surface area contributed by atoms with E-state index in [1.807, 2.05) is 13.8 Å². The number of ketones is 1. The summed E-state index contributed by atoms with van der Waals surface area (Å²) in [5.74, 6) is -0.0538. The number of benzene rings is 1. The van der Waals surface area contributed by atoms with Gasteiger partial charge in [-0.05, 0) is 44.5 Å². The van der Waals surface area contributed by atoms with Crippen LogP contribution in [0.4, 0.5) is 5.69 Å². The van der Waals surface area contributed by atoms with Crippen molar-refractivity contribution in [3.63, 3.8) is 0 Å². The highest BCUT2D eigenvalue weighted by atomic mass is 16.1. The van der Waals surface area contributed by atoms with E-state index in [1.54, 1.807) is 24.3 Å². The quantitative estimate of drug-likeness (QED) is 0.786. The van der Waals surface area contributed by atoms with E-state index < -0.39 is 0 Å². The second kappa shape index (κ2) is 5.78. The van der Waals surface area contributed by atoms with Crippen molar-refractivity contribution < 1.29 is 9.59 Å². The second-order valence-corrected chi connectivity index (χ2v) is 5.17. The second-order valence-electron chi connectivity index (χ2n) is 5.17. The Morgan fingerprint density at radius 2 is 1.78 bits per heavy atom. The summed E-state index contributed by atoms with van der Waals surface area (Å²) in [5.41, 5.74) is 6.85. The number of carbonyl (C=O) groups is 2. The first-order valence-electron chi connectivity index (χ1n) is 5.98. The Morgan fingerprint density at radius 3 is 2.22 bits per heavy atom. The SMILES string of the molecule is CC(=O)Nc1ccc(C(=O)CCC(C)(C)N)cc1. The van der Waals surface area contributed by atoms with E-state index in [-0.39, 0.29) is 17.2 Å². The van der Waals surface area contributed by atoms with Gasteiger partial charge in [-0.2, -0.15) is 0 Å². The van der Waals surface area contributed by atoms with Crippen molar-refractivity contribution in [2.24, 2.45) is 5.73 Å². The van der Waals surface area contributed by atoms with Gasteiger partial charge in [-0.1, -0.05) is 0 Å². The molecule has 4 heteroatoms. The molecule has 1 aromatic carbocycles. The molecule has 0 fully saturated rings. The first-order chi connectivity index (χ1) is 8.28. The van der Waals surface area contributed by atoms with Crippen LogP contribution in [-0.4, -0.2) is 17.2 Å². The number of nitrogens with one attached hydrogen (secondary N) is 1. The van der Waals surface area contributed by atoms with Crippen LogP contribution in [0, 0.1) is 0 Å². The largest absolute Gasteiger partial charge is 0.326 e. The fraction of sp³-hybridized carbons (Fsp3) is 0.429. The van der Waals surface area contributed by atoms with Crippen molar-refractivity contribution in [2.75, 3.05) is 5.32 Å². The molecule has 0 unspecified atom stereocenters. The lowest BCUT2D eigenvalue weighted by molar-refractivity contribution is -0.114. The van der Waals surface area contributed by atoms with Crippen LogP contribution >= 0.6 is 0 Å². The molecule has 0 radical (unpaired) electrons. The zero-order valence-corrected chi connectivity index (χ0v) is 11.1. The van der Waals surface area contributed by atoms with Crippen molar-refractivity contribution in [3.05, 3.63) is 29.8 Å². The Morgan fingerprint density at radius 1 is 1.22 bits per heavy atom. The molecule has 3 N–H and O–H groups in total. The number of nitrogens with two attached hydrogens (primary N) is 1. The highest BCUT2D eigenvalue weighted by Crippen LogP contribution is 2.14. The van der Waals surface area contributed by atoms with Crippen LogP contribution in [0.2, 0.25) is 0 Å². The third-order valence-electron chi connectivity index (χ3n) is 2.52. The van der Waals surface area contributed by atoms with E-state index >= 15 is 0 Å². The van der Waals surface area contributed by atoms with Crippen LogP contribution < -0.4 is 11.1 Å². The maximum absolute atomic E-state index is 11.9. The van der Waals surface area contributed by atoms with Crippen molar-refractivity contribution in [1.29, 1.82) is 0 Å². The Kier molecular flexibility index (Phi) is 4.62. The number of amides is 1. The molecule has 0 bridgehead atoms. The Bertz CT molecular complexity index is 430. The fourth-order valence-electron chi connectivity index (χ4n) is 1.52. The summed E-state index contributed by atoms with van der Waals surface area (Å²) >= 11 is 0. The average Bonchev–Trinajstić information content (AvgIpc) is 2.25. The molecular weight excluding hydrogens is 228 g/mol. The molecule has 0 saturated heterocycles. The molecule has 18 heavy (non-hydrogen) atoms. The number of hydrogen-bond acceptors (Lipinski definition) is 3. The minimum Gasteiger partial charge on any atom is -0.326 e. The molecule has 0 atom stereocenters. The lowest BCUT2D eigenvalue weighted by atomic mass is 9.96. The molecule has 0 saturated carbocycles. The molecule has 0 aliphatic heterocycles. The summed E-state index contributed by atoms with van der Waals surface area (Å²) < 4.78 is 0. The Balaban J connectivity index is 2.62. The Labute approximate surface area is 108 Å². The fourth-order valence-corrected chi connectivity index (χ4v) is 1.52. The summed E-state index contributed by atoms with van der Waals surface area (Å²) in [4.78, 5) is 22.7. The molecule has 98 valence electrons. The van der Waals surface area contributed by atoms with E-state index in [9.17, 15) is 9.59 Å². The summed E-state index contributed by atoms with van der Waals surface area (Å²) in [5, 5.41) is 2.66. The van der Waals surface area contributed by atoms with E-state index in [0.29, 0.717) is 24.1 Å². The van der Waals surface area contributed by atoms with Crippen LogP contribution in [-0.2, 0) is 4.79 Å². The molecule has 0 aromatic heterocycles. The van der Waals surface area contributed by atoms with Crippen molar-refractivity contribution in [1.82, 2.24) is 0 Å². The molecule has 0 aliphatic carbocycles. The van der Waals surface area contributed by atoms with Gasteiger partial charge in [-0.25, -0.2) is 0 Å². The normalized spacial score (nSPS) is 11.1. The number of rotatable bonds is 5. The summed E-state index contributed by atoms with van der Waals surface area (Å²) in [6, 6.07) is 6.89. The lowest BCUT2D eigenvalue weighted by Gasteiger charge is -2.17. The maximum Gasteiger partial charge on any atom is 0.221 e. The summed E-state index contributed by atoms with van der Waals surface area (Å²) in [6.07, 6.45) is 1.09. The van der Waals surface area contributed by atoms with E-state index in [4.69, 9.17) is 5.73 Å². The van der Waals surface area contributed by atoms with E-state index in [1.165, 1.54) is 6.92 Å². The summed E-state index contributed by atoms with van der Waals surface area (Å²) in [6.45, 7) is 5.25. The summed E-state index contributed by atoms with van der Waals surface area (Å²) in [7, 11) is 0. The minimum atomic E-state index is -0.328. The van der Waals surface area contributed by atoms with Gasteiger partial charge in [0.05, 0.1) is 0 Å². The van der Waals surface area contributed by atoms with Gasteiger partial charge < -0.3 is 11.1 Å². The zero-order valence-electron chi connectivity index (χ0n) is 11.1. The van der Waals surface area contributed by atoms with Crippen molar-refractivity contribution in [2.45, 2.75) is 39.2 Å². The number of anilines is 1. The minimum absolute atomic E-state index is 0.0721. The number of carbonyl (C=O) groups excluding carboxylic acids is 2. The van der Waals surface area contributed by atoms with Gasteiger partial charge in [0, 0.05) is 30.1 Å². The first kappa shape index (κ1) is 14.4. The third kappa shape index (κ3) is 5.10. The molecule has 1 amide bonds. The van der Waals surface area contributed by atoms with Gasteiger partial charge in [-0.3, -0.25) is 9.59 Å². The van der Waals surface area contributed by atoms with Crippen LogP contribution in [0.15, 0.2) is 24.3 Å². The average molecular weight is 248 g/mol. The van der Waals surface area contributed by atoms with Gasteiger partial charge in [0.15, 0.2) is 5.78 Å². The van der Waals surface area contributed by atoms with Crippen LogP contribution in [0.3, 0.4) is 0 Å². The molecule has 4 nitrogen and oxygen atoms in total. The molecule has 1 rings (SSSR count). The van der Waals surface area contributed by atoms with Crippen LogP contribution in [0.1, 0.15) is 44.0 Å². The van der Waals surface area contributed by atoms with Gasteiger partial charge in [-0.15, -0.1) is 0 Å². The van der Waals surface area contributed by atoms with E-state index in [0.717, 1.165) is 0 Å². The molecular formula is C14H20N2O2. The molecule has 0 spiro atoms. The van der Waals surface area contributed by atoms with Crippen molar-refractivity contribution in [3.8, 4) is 0 Å². The lowest BCUT2D eigenvalue weighted by Crippen LogP contribution is -2.32. The van der Waals surface area contributed by atoms with Gasteiger partial charge in [0.1, 0.15) is 0 Å². The predicted molar refractivity (Wildman–Crippen MR) is 72.6 cm³/mol. The number of hydrogen-bond donors (Lipinski definition) is 2. The van der Waals surface area contributed by atoms with Crippen molar-refractivity contribution >= 4 is 17.4 Å². The van der Waals surface area contributed by atoms with E-state index in [2.05, 4.69) is 5.32 Å². The van der Waals surface area contributed by atoms with Gasteiger partial charge in [0.2, 0.25) is 5.91 Å². The maximum atomic E-state index is 11.9. The highest BCUT2D eigenvalue weighted by molar-refractivity contribution is 5.97. The number of Topliss-reactive ketones (excluding diaryl/α,β-unsaturated/α-hetero) is 1. The molecule has 0 aliphatic rings. The highest BCUT2D eigenvalue weighted by Gasteiger charge is 2.14.